The zero-order chi connectivity index (χ0) is 18.8. The molecule has 0 fully saturated rings. The molecule has 0 bridgehead atoms. The van der Waals surface area contributed by atoms with Gasteiger partial charge in [-0.05, 0) is 30.2 Å². The van der Waals surface area contributed by atoms with Crippen LogP contribution in [0, 0.1) is 0 Å². The number of benzene rings is 2. The lowest BCUT2D eigenvalue weighted by molar-refractivity contribution is 0.174. The van der Waals surface area contributed by atoms with Gasteiger partial charge in [-0.1, -0.05) is 48.0 Å². The molecule has 0 radical (unpaired) electrons. The van der Waals surface area contributed by atoms with Crippen LogP contribution in [0.4, 0.5) is 5.69 Å². The van der Waals surface area contributed by atoms with Gasteiger partial charge in [0.05, 0.1) is 18.4 Å². The van der Waals surface area contributed by atoms with Crippen molar-refractivity contribution in [3.8, 4) is 11.5 Å². The molecule has 1 unspecified atom stereocenters. The Labute approximate surface area is 161 Å². The predicted octanol–water partition coefficient (Wildman–Crippen LogP) is 3.85. The van der Waals surface area contributed by atoms with Crippen LogP contribution >= 0.6 is 11.6 Å². The van der Waals surface area contributed by atoms with Crippen LogP contribution in [0.1, 0.15) is 24.1 Å². The van der Waals surface area contributed by atoms with Crippen molar-refractivity contribution in [3.05, 3.63) is 81.2 Å². The first-order valence-electron chi connectivity index (χ1n) is 8.57. The molecular weight excluding hydrogens is 366 g/mol. The Morgan fingerprint density at radius 1 is 1.19 bits per heavy atom. The van der Waals surface area contributed by atoms with E-state index in [-0.39, 0.29) is 23.4 Å². The molecule has 1 aliphatic heterocycles. The van der Waals surface area contributed by atoms with Crippen LogP contribution < -0.4 is 20.3 Å². The topological polar surface area (TPSA) is 65.4 Å². The van der Waals surface area contributed by atoms with Crippen LogP contribution in [0.5, 0.6) is 11.5 Å². The van der Waals surface area contributed by atoms with Crippen LogP contribution in [-0.4, -0.2) is 16.6 Å². The Morgan fingerprint density at radius 3 is 2.78 bits per heavy atom. The van der Waals surface area contributed by atoms with Gasteiger partial charge < -0.3 is 14.8 Å². The molecule has 0 spiro atoms. The van der Waals surface area contributed by atoms with Gasteiger partial charge in [-0.15, -0.1) is 0 Å². The SMILES string of the molecule is CC(Nc1cnn(Cc2ccccc2)c(=O)c1Cl)c1ccc2c(c1)OCO2. The minimum Gasteiger partial charge on any atom is -0.454 e. The van der Waals surface area contributed by atoms with Crippen LogP contribution in [0.25, 0.3) is 0 Å². The molecule has 2 heterocycles. The quantitative estimate of drug-likeness (QED) is 0.725. The molecule has 0 saturated carbocycles. The predicted molar refractivity (Wildman–Crippen MR) is 104 cm³/mol. The lowest BCUT2D eigenvalue weighted by atomic mass is 10.1. The minimum absolute atomic E-state index is 0.0943. The third kappa shape index (κ3) is 3.61. The third-order valence-corrected chi connectivity index (χ3v) is 4.79. The van der Waals surface area contributed by atoms with Gasteiger partial charge in [0.25, 0.3) is 5.56 Å². The fourth-order valence-electron chi connectivity index (χ4n) is 2.93. The molecule has 0 saturated heterocycles. The van der Waals surface area contributed by atoms with Crippen molar-refractivity contribution in [1.29, 1.82) is 0 Å². The second kappa shape index (κ2) is 7.32. The summed E-state index contributed by atoms with van der Waals surface area (Å²) in [5.41, 5.74) is 2.14. The molecule has 27 heavy (non-hydrogen) atoms. The van der Waals surface area contributed by atoms with Crippen LogP contribution in [0.3, 0.4) is 0 Å². The van der Waals surface area contributed by atoms with Gasteiger partial charge in [0.15, 0.2) is 11.5 Å². The number of rotatable bonds is 5. The van der Waals surface area contributed by atoms with Crippen molar-refractivity contribution in [1.82, 2.24) is 9.78 Å². The van der Waals surface area contributed by atoms with E-state index in [2.05, 4.69) is 10.4 Å². The van der Waals surface area contributed by atoms with Crippen LogP contribution in [0.15, 0.2) is 59.5 Å². The summed E-state index contributed by atoms with van der Waals surface area (Å²) in [4.78, 5) is 12.6. The first kappa shape index (κ1) is 17.4. The molecular formula is C20H18ClN3O3. The number of aromatic nitrogens is 2. The minimum atomic E-state index is -0.330. The molecule has 1 atom stereocenters. The van der Waals surface area contributed by atoms with E-state index in [9.17, 15) is 4.79 Å². The lowest BCUT2D eigenvalue weighted by Gasteiger charge is -2.17. The summed E-state index contributed by atoms with van der Waals surface area (Å²) in [6.07, 6.45) is 1.58. The highest BCUT2D eigenvalue weighted by Gasteiger charge is 2.17. The third-order valence-electron chi connectivity index (χ3n) is 4.43. The summed E-state index contributed by atoms with van der Waals surface area (Å²) in [7, 11) is 0. The number of hydrogen-bond acceptors (Lipinski definition) is 5. The molecule has 1 aliphatic rings. The van der Waals surface area contributed by atoms with Crippen molar-refractivity contribution in [2.45, 2.75) is 19.5 Å². The highest BCUT2D eigenvalue weighted by Crippen LogP contribution is 2.35. The number of nitrogens with one attached hydrogen (secondary N) is 1. The molecule has 2 aromatic carbocycles. The van der Waals surface area contributed by atoms with E-state index >= 15 is 0 Å². The van der Waals surface area contributed by atoms with E-state index in [0.717, 1.165) is 16.9 Å². The zero-order valence-electron chi connectivity index (χ0n) is 14.7. The molecule has 6 nitrogen and oxygen atoms in total. The Hall–Kier alpha value is -2.99. The van der Waals surface area contributed by atoms with Gasteiger partial charge in [0.1, 0.15) is 5.02 Å². The van der Waals surface area contributed by atoms with Gasteiger partial charge in [0, 0.05) is 6.04 Å². The van der Waals surface area contributed by atoms with E-state index in [1.54, 1.807) is 6.20 Å². The molecule has 7 heteroatoms. The number of halogens is 1. The van der Waals surface area contributed by atoms with Crippen molar-refractivity contribution < 1.29 is 9.47 Å². The van der Waals surface area contributed by atoms with E-state index < -0.39 is 0 Å². The number of anilines is 1. The van der Waals surface area contributed by atoms with Crippen LogP contribution in [-0.2, 0) is 6.54 Å². The number of nitrogens with zero attached hydrogens (tertiary/aromatic N) is 2. The molecule has 0 amide bonds. The molecule has 138 valence electrons. The van der Waals surface area contributed by atoms with Crippen molar-refractivity contribution >= 4 is 17.3 Å². The zero-order valence-corrected chi connectivity index (χ0v) is 15.4. The van der Waals surface area contributed by atoms with Gasteiger partial charge >= 0.3 is 0 Å². The number of fused-ring (bicyclic) bond motifs is 1. The maximum Gasteiger partial charge on any atom is 0.287 e. The Morgan fingerprint density at radius 2 is 1.96 bits per heavy atom. The normalized spacial score (nSPS) is 13.4. The van der Waals surface area contributed by atoms with Crippen molar-refractivity contribution in [3.63, 3.8) is 0 Å². The van der Waals surface area contributed by atoms with Gasteiger partial charge in [-0.25, -0.2) is 4.68 Å². The van der Waals surface area contributed by atoms with Crippen molar-refractivity contribution in [2.24, 2.45) is 0 Å². The highest BCUT2D eigenvalue weighted by molar-refractivity contribution is 6.32. The van der Waals surface area contributed by atoms with Crippen LogP contribution in [0.2, 0.25) is 5.02 Å². The standard InChI is InChI=1S/C20H18ClN3O3/c1-13(15-7-8-17-18(9-15)27-12-26-17)23-16-10-22-24(20(25)19(16)21)11-14-5-3-2-4-6-14/h2-10,13,23H,11-12H2,1H3. The van der Waals surface area contributed by atoms with E-state index in [1.807, 2.05) is 55.5 Å². The summed E-state index contributed by atoms with van der Waals surface area (Å²) in [5, 5.41) is 7.62. The average Bonchev–Trinajstić information content (AvgIpc) is 3.16. The summed E-state index contributed by atoms with van der Waals surface area (Å²) >= 11 is 6.31. The molecule has 1 N–H and O–H groups in total. The van der Waals surface area contributed by atoms with E-state index in [4.69, 9.17) is 21.1 Å². The van der Waals surface area contributed by atoms with Gasteiger partial charge in [-0.3, -0.25) is 4.79 Å². The Kier molecular flexibility index (Phi) is 4.73. The molecule has 0 aliphatic carbocycles. The second-order valence-corrected chi connectivity index (χ2v) is 6.68. The maximum atomic E-state index is 12.6. The summed E-state index contributed by atoms with van der Waals surface area (Å²) in [6, 6.07) is 15.3. The fourth-order valence-corrected chi connectivity index (χ4v) is 3.13. The number of hydrogen-bond donors (Lipinski definition) is 1. The smallest absolute Gasteiger partial charge is 0.287 e. The summed E-state index contributed by atoms with van der Waals surface area (Å²) in [5.74, 6) is 1.44. The van der Waals surface area contributed by atoms with E-state index in [0.29, 0.717) is 18.0 Å². The first-order chi connectivity index (χ1) is 13.1. The highest BCUT2D eigenvalue weighted by atomic mass is 35.5. The first-order valence-corrected chi connectivity index (χ1v) is 8.95. The average molecular weight is 384 g/mol. The largest absolute Gasteiger partial charge is 0.454 e. The second-order valence-electron chi connectivity index (χ2n) is 6.30. The fraction of sp³-hybridized carbons (Fsp3) is 0.200. The molecule has 4 rings (SSSR count). The van der Waals surface area contributed by atoms with Gasteiger partial charge in [-0.2, -0.15) is 5.10 Å². The molecule has 3 aromatic rings. The summed E-state index contributed by atoms with van der Waals surface area (Å²) < 4.78 is 12.1. The summed E-state index contributed by atoms with van der Waals surface area (Å²) in [6.45, 7) is 2.58. The maximum absolute atomic E-state index is 12.6. The monoisotopic (exact) mass is 383 g/mol. The Bertz CT molecular complexity index is 1020. The Balaban J connectivity index is 1.54. The van der Waals surface area contributed by atoms with Crippen molar-refractivity contribution in [2.75, 3.05) is 12.1 Å². The number of ether oxygens (including phenoxy) is 2. The van der Waals surface area contributed by atoms with Gasteiger partial charge in [0.2, 0.25) is 6.79 Å². The van der Waals surface area contributed by atoms with E-state index in [1.165, 1.54) is 4.68 Å². The molecule has 1 aromatic heterocycles. The lowest BCUT2D eigenvalue weighted by Crippen LogP contribution is -2.25.